The van der Waals surface area contributed by atoms with Gasteiger partial charge in [0.2, 0.25) is 0 Å². The van der Waals surface area contributed by atoms with Crippen molar-refractivity contribution in [2.75, 3.05) is 0 Å². The highest BCUT2D eigenvalue weighted by atomic mass is 35.5. The number of benzene rings is 1. The van der Waals surface area contributed by atoms with Crippen LogP contribution in [0, 0.1) is 12.7 Å². The van der Waals surface area contributed by atoms with Crippen molar-refractivity contribution in [3.8, 4) is 5.69 Å². The van der Waals surface area contributed by atoms with Crippen molar-refractivity contribution >= 4 is 11.6 Å². The largest absolute Gasteiger partial charge is 0.390 e. The first-order valence-electron chi connectivity index (χ1n) is 4.60. The number of hydrogen-bond acceptors (Lipinski definition) is 3. The molecule has 4 nitrogen and oxygen atoms in total. The summed E-state index contributed by atoms with van der Waals surface area (Å²) in [6, 6.07) is 4.09. The van der Waals surface area contributed by atoms with Crippen LogP contribution in [-0.2, 0) is 6.61 Å². The predicted octanol–water partition coefficient (Wildman–Crippen LogP) is 1.86. The average molecular weight is 242 g/mol. The molecule has 1 heterocycles. The standard InChI is InChI=1S/C10H9ClFN3O/c1-6-10(5-16)13-14-15(6)9-3-7(11)2-8(12)4-9/h2-4,16H,5H2,1H3. The molecule has 0 saturated heterocycles. The highest BCUT2D eigenvalue weighted by Crippen LogP contribution is 2.18. The molecule has 2 aromatic rings. The first kappa shape index (κ1) is 11.0. The summed E-state index contributed by atoms with van der Waals surface area (Å²) in [5.74, 6) is -0.442. The van der Waals surface area contributed by atoms with E-state index in [9.17, 15) is 4.39 Å². The third-order valence-corrected chi connectivity index (χ3v) is 2.45. The minimum Gasteiger partial charge on any atom is -0.390 e. The Morgan fingerprint density at radius 3 is 2.75 bits per heavy atom. The van der Waals surface area contributed by atoms with E-state index in [4.69, 9.17) is 16.7 Å². The summed E-state index contributed by atoms with van der Waals surface area (Å²) in [7, 11) is 0. The third-order valence-electron chi connectivity index (χ3n) is 2.23. The summed E-state index contributed by atoms with van der Waals surface area (Å²) < 4.78 is 14.6. The van der Waals surface area contributed by atoms with Gasteiger partial charge >= 0.3 is 0 Å². The number of nitrogens with zero attached hydrogens (tertiary/aromatic N) is 3. The zero-order chi connectivity index (χ0) is 11.7. The Kier molecular flexibility index (Phi) is 2.89. The van der Waals surface area contributed by atoms with E-state index >= 15 is 0 Å². The monoisotopic (exact) mass is 241 g/mol. The van der Waals surface area contributed by atoms with E-state index in [0.29, 0.717) is 17.1 Å². The SMILES string of the molecule is Cc1c(CO)nnn1-c1cc(F)cc(Cl)c1. The molecule has 0 fully saturated rings. The van der Waals surface area contributed by atoms with Gasteiger partial charge < -0.3 is 5.11 Å². The van der Waals surface area contributed by atoms with Crippen LogP contribution in [0.1, 0.15) is 11.4 Å². The van der Waals surface area contributed by atoms with E-state index in [0.717, 1.165) is 0 Å². The summed E-state index contributed by atoms with van der Waals surface area (Å²) in [5.41, 5.74) is 1.60. The maximum Gasteiger partial charge on any atom is 0.126 e. The Labute approximate surface area is 96.3 Å². The number of aliphatic hydroxyl groups is 1. The van der Waals surface area contributed by atoms with E-state index in [1.807, 2.05) is 0 Å². The van der Waals surface area contributed by atoms with Crippen LogP contribution in [0.5, 0.6) is 0 Å². The molecular formula is C10H9ClFN3O. The van der Waals surface area contributed by atoms with Crippen LogP contribution < -0.4 is 0 Å². The molecule has 0 aliphatic heterocycles. The Hall–Kier alpha value is -1.46. The number of aliphatic hydroxyl groups excluding tert-OH is 1. The summed E-state index contributed by atoms with van der Waals surface area (Å²) in [6.45, 7) is 1.54. The molecule has 0 atom stereocenters. The molecule has 6 heteroatoms. The molecule has 0 unspecified atom stereocenters. The lowest BCUT2D eigenvalue weighted by atomic mass is 10.3. The minimum atomic E-state index is -0.442. The van der Waals surface area contributed by atoms with Crippen molar-refractivity contribution in [2.45, 2.75) is 13.5 Å². The van der Waals surface area contributed by atoms with Crippen LogP contribution in [0.2, 0.25) is 5.02 Å². The molecule has 0 saturated carbocycles. The summed E-state index contributed by atoms with van der Waals surface area (Å²) in [4.78, 5) is 0. The van der Waals surface area contributed by atoms with Crippen molar-refractivity contribution in [3.63, 3.8) is 0 Å². The molecule has 16 heavy (non-hydrogen) atoms. The second-order valence-electron chi connectivity index (χ2n) is 3.32. The first-order valence-corrected chi connectivity index (χ1v) is 4.98. The van der Waals surface area contributed by atoms with Gasteiger partial charge in [0.05, 0.1) is 18.0 Å². The topological polar surface area (TPSA) is 50.9 Å². The van der Waals surface area contributed by atoms with Crippen molar-refractivity contribution in [1.29, 1.82) is 0 Å². The third kappa shape index (κ3) is 1.91. The smallest absolute Gasteiger partial charge is 0.126 e. The first-order chi connectivity index (χ1) is 7.61. The van der Waals surface area contributed by atoms with Crippen molar-refractivity contribution in [1.82, 2.24) is 15.0 Å². The number of hydrogen-bond donors (Lipinski definition) is 1. The lowest BCUT2D eigenvalue weighted by Gasteiger charge is -2.04. The van der Waals surface area contributed by atoms with E-state index in [-0.39, 0.29) is 11.6 Å². The van der Waals surface area contributed by atoms with Gasteiger partial charge in [-0.25, -0.2) is 9.07 Å². The highest BCUT2D eigenvalue weighted by molar-refractivity contribution is 6.30. The summed E-state index contributed by atoms with van der Waals surface area (Å²) in [5, 5.41) is 16.8. The lowest BCUT2D eigenvalue weighted by molar-refractivity contribution is 0.276. The van der Waals surface area contributed by atoms with E-state index < -0.39 is 5.82 Å². The van der Waals surface area contributed by atoms with Gasteiger partial charge in [0.1, 0.15) is 11.5 Å². The van der Waals surface area contributed by atoms with Crippen LogP contribution in [-0.4, -0.2) is 20.1 Å². The molecular weight excluding hydrogens is 233 g/mol. The molecule has 0 aliphatic carbocycles. The normalized spacial score (nSPS) is 10.8. The molecule has 0 bridgehead atoms. The number of halogens is 2. The van der Waals surface area contributed by atoms with E-state index in [1.54, 1.807) is 13.0 Å². The van der Waals surface area contributed by atoms with E-state index in [2.05, 4.69) is 10.3 Å². The van der Waals surface area contributed by atoms with Crippen molar-refractivity contribution < 1.29 is 9.50 Å². The fourth-order valence-electron chi connectivity index (χ4n) is 1.41. The highest BCUT2D eigenvalue weighted by Gasteiger charge is 2.10. The fraction of sp³-hybridized carbons (Fsp3) is 0.200. The van der Waals surface area contributed by atoms with Crippen LogP contribution in [0.25, 0.3) is 5.69 Å². The van der Waals surface area contributed by atoms with Gasteiger partial charge in [-0.05, 0) is 25.1 Å². The zero-order valence-electron chi connectivity index (χ0n) is 8.48. The summed E-state index contributed by atoms with van der Waals surface area (Å²) in [6.07, 6.45) is 0. The van der Waals surface area contributed by atoms with Crippen LogP contribution >= 0.6 is 11.6 Å². The fourth-order valence-corrected chi connectivity index (χ4v) is 1.63. The van der Waals surface area contributed by atoms with Crippen molar-refractivity contribution in [2.24, 2.45) is 0 Å². The van der Waals surface area contributed by atoms with Gasteiger partial charge in [-0.2, -0.15) is 0 Å². The van der Waals surface area contributed by atoms with Crippen LogP contribution in [0.15, 0.2) is 18.2 Å². The van der Waals surface area contributed by atoms with E-state index in [1.165, 1.54) is 16.8 Å². The van der Waals surface area contributed by atoms with Gasteiger partial charge in [0.25, 0.3) is 0 Å². The van der Waals surface area contributed by atoms with Gasteiger partial charge in [0.15, 0.2) is 0 Å². The molecule has 0 amide bonds. The second kappa shape index (κ2) is 4.19. The Morgan fingerprint density at radius 1 is 1.44 bits per heavy atom. The van der Waals surface area contributed by atoms with Gasteiger partial charge in [-0.3, -0.25) is 0 Å². The Balaban J connectivity index is 2.54. The molecule has 2 rings (SSSR count). The lowest BCUT2D eigenvalue weighted by Crippen LogP contribution is -2.00. The Morgan fingerprint density at radius 2 is 2.19 bits per heavy atom. The molecule has 84 valence electrons. The molecule has 1 aromatic carbocycles. The maximum atomic E-state index is 13.1. The maximum absolute atomic E-state index is 13.1. The molecule has 1 aromatic heterocycles. The van der Waals surface area contributed by atoms with Gasteiger partial charge in [0, 0.05) is 5.02 Å². The van der Waals surface area contributed by atoms with Crippen LogP contribution in [0.4, 0.5) is 4.39 Å². The molecule has 0 radical (unpaired) electrons. The number of rotatable bonds is 2. The number of aromatic nitrogens is 3. The Bertz CT molecular complexity index is 507. The predicted molar refractivity (Wildman–Crippen MR) is 57.0 cm³/mol. The zero-order valence-corrected chi connectivity index (χ0v) is 9.24. The molecule has 0 aliphatic rings. The summed E-state index contributed by atoms with van der Waals surface area (Å²) >= 11 is 5.74. The second-order valence-corrected chi connectivity index (χ2v) is 3.76. The van der Waals surface area contributed by atoms with Gasteiger partial charge in [-0.15, -0.1) is 5.10 Å². The molecule has 0 spiro atoms. The van der Waals surface area contributed by atoms with Crippen molar-refractivity contribution in [3.05, 3.63) is 40.4 Å². The average Bonchev–Trinajstić information content (AvgIpc) is 2.58. The van der Waals surface area contributed by atoms with Crippen LogP contribution in [0.3, 0.4) is 0 Å². The minimum absolute atomic E-state index is 0.200. The van der Waals surface area contributed by atoms with Gasteiger partial charge in [-0.1, -0.05) is 16.8 Å². The molecule has 1 N–H and O–H groups in total. The quantitative estimate of drug-likeness (QED) is 0.873.